The Morgan fingerprint density at radius 2 is 1.59 bits per heavy atom. The van der Waals surface area contributed by atoms with E-state index in [-0.39, 0.29) is 24.5 Å². The first-order valence-corrected chi connectivity index (χ1v) is 7.95. The largest absolute Gasteiger partial charge is 0.417 e. The average Bonchev–Trinajstić information content (AvgIpc) is 2.48. The molecular weight excluding hydrogens is 297 g/mol. The third-order valence-corrected chi connectivity index (χ3v) is 5.27. The third-order valence-electron chi connectivity index (χ3n) is 5.27. The van der Waals surface area contributed by atoms with Crippen LogP contribution in [0.25, 0.3) is 0 Å². The second kappa shape index (κ2) is 7.06. The highest BCUT2D eigenvalue weighted by molar-refractivity contribution is 5.74. The van der Waals surface area contributed by atoms with Crippen LogP contribution in [-0.2, 0) is 0 Å². The van der Waals surface area contributed by atoms with Crippen LogP contribution in [0.5, 0.6) is 0 Å². The van der Waals surface area contributed by atoms with E-state index < -0.39 is 24.6 Å². The van der Waals surface area contributed by atoms with Crippen LogP contribution in [0, 0.1) is 5.41 Å². The number of rotatable bonds is 5. The standard InChI is InChI=1S/C15H27F3N2O2/c1-4-13(5-2,6-3)11-19-12(21)20-9-7-14(22,8-10-20)15(16,17)18/h22H,4-11H2,1-3H3,(H,19,21). The van der Waals surface area contributed by atoms with Crippen molar-refractivity contribution < 1.29 is 23.1 Å². The Hall–Kier alpha value is -0.980. The summed E-state index contributed by atoms with van der Waals surface area (Å²) >= 11 is 0. The van der Waals surface area contributed by atoms with Crippen LogP contribution >= 0.6 is 0 Å². The minimum atomic E-state index is -4.64. The van der Waals surface area contributed by atoms with Gasteiger partial charge in [0.1, 0.15) is 0 Å². The summed E-state index contributed by atoms with van der Waals surface area (Å²) in [6, 6.07) is -0.344. The first-order valence-electron chi connectivity index (χ1n) is 7.95. The van der Waals surface area contributed by atoms with Crippen molar-refractivity contribution in [2.75, 3.05) is 19.6 Å². The first kappa shape index (κ1) is 19.1. The highest BCUT2D eigenvalue weighted by Crippen LogP contribution is 2.38. The van der Waals surface area contributed by atoms with Gasteiger partial charge in [-0.15, -0.1) is 0 Å². The number of carbonyl (C=O) groups excluding carboxylic acids is 1. The van der Waals surface area contributed by atoms with Gasteiger partial charge in [0, 0.05) is 32.5 Å². The lowest BCUT2D eigenvalue weighted by atomic mass is 9.80. The van der Waals surface area contributed by atoms with Gasteiger partial charge in [-0.05, 0) is 24.7 Å². The molecule has 0 spiro atoms. The Labute approximate surface area is 130 Å². The summed E-state index contributed by atoms with van der Waals surface area (Å²) in [5.41, 5.74) is -2.62. The van der Waals surface area contributed by atoms with Gasteiger partial charge in [-0.1, -0.05) is 20.8 Å². The second-order valence-corrected chi connectivity index (χ2v) is 6.24. The van der Waals surface area contributed by atoms with Gasteiger partial charge in [-0.3, -0.25) is 0 Å². The summed E-state index contributed by atoms with van der Waals surface area (Å²) in [4.78, 5) is 13.5. The molecule has 1 aliphatic rings. The lowest BCUT2D eigenvalue weighted by Gasteiger charge is -2.39. The number of hydrogen-bond acceptors (Lipinski definition) is 2. The van der Waals surface area contributed by atoms with E-state index in [1.54, 1.807) is 0 Å². The molecule has 0 aromatic carbocycles. The third kappa shape index (κ3) is 4.06. The maximum atomic E-state index is 12.7. The smallest absolute Gasteiger partial charge is 0.380 e. The summed E-state index contributed by atoms with van der Waals surface area (Å²) in [6.07, 6.45) is -2.76. The van der Waals surface area contributed by atoms with Crippen molar-refractivity contribution in [1.82, 2.24) is 10.2 Å². The van der Waals surface area contributed by atoms with Crippen LogP contribution in [0.3, 0.4) is 0 Å². The molecule has 0 aromatic rings. The summed E-state index contributed by atoms with van der Waals surface area (Å²) in [6.45, 7) is 6.57. The maximum Gasteiger partial charge on any atom is 0.417 e. The van der Waals surface area contributed by atoms with E-state index >= 15 is 0 Å². The first-order chi connectivity index (χ1) is 10.1. The summed E-state index contributed by atoms with van der Waals surface area (Å²) in [7, 11) is 0. The molecule has 22 heavy (non-hydrogen) atoms. The summed E-state index contributed by atoms with van der Waals surface area (Å²) in [5, 5.41) is 12.4. The molecule has 0 unspecified atom stereocenters. The monoisotopic (exact) mass is 324 g/mol. The Kier molecular flexibility index (Phi) is 6.12. The molecule has 1 fully saturated rings. The van der Waals surface area contributed by atoms with E-state index in [1.807, 2.05) is 0 Å². The van der Waals surface area contributed by atoms with Gasteiger partial charge in [0.15, 0.2) is 5.60 Å². The lowest BCUT2D eigenvalue weighted by molar-refractivity contribution is -0.271. The predicted molar refractivity (Wildman–Crippen MR) is 78.5 cm³/mol. The molecule has 0 saturated carbocycles. The topological polar surface area (TPSA) is 52.6 Å². The molecule has 0 radical (unpaired) electrons. The molecular formula is C15H27F3N2O2. The summed E-state index contributed by atoms with van der Waals surface area (Å²) in [5.74, 6) is 0. The molecule has 0 aromatic heterocycles. The van der Waals surface area contributed by atoms with Crippen molar-refractivity contribution >= 4 is 6.03 Å². The highest BCUT2D eigenvalue weighted by Gasteiger charge is 2.54. The van der Waals surface area contributed by atoms with Crippen LogP contribution in [0.1, 0.15) is 52.9 Å². The average molecular weight is 324 g/mol. The van der Waals surface area contributed by atoms with Crippen LogP contribution in [-0.4, -0.2) is 47.4 Å². The minimum Gasteiger partial charge on any atom is -0.380 e. The molecule has 1 rings (SSSR count). The molecule has 4 nitrogen and oxygen atoms in total. The van der Waals surface area contributed by atoms with Gasteiger partial charge in [-0.2, -0.15) is 13.2 Å². The fourth-order valence-corrected chi connectivity index (χ4v) is 2.86. The number of alkyl halides is 3. The maximum absolute atomic E-state index is 12.7. The van der Waals surface area contributed by atoms with E-state index in [9.17, 15) is 23.1 Å². The molecule has 0 aliphatic carbocycles. The normalized spacial score (nSPS) is 19.1. The Bertz CT molecular complexity index is 365. The molecule has 2 amide bonds. The molecule has 0 atom stereocenters. The Balaban J connectivity index is 2.53. The molecule has 130 valence electrons. The number of aliphatic hydroxyl groups is 1. The van der Waals surface area contributed by atoms with Crippen LogP contribution in [0.2, 0.25) is 0 Å². The summed E-state index contributed by atoms with van der Waals surface area (Å²) < 4.78 is 38.2. The van der Waals surface area contributed by atoms with Gasteiger partial charge < -0.3 is 15.3 Å². The van der Waals surface area contributed by atoms with Crippen LogP contribution < -0.4 is 5.32 Å². The predicted octanol–water partition coefficient (Wildman–Crippen LogP) is 3.30. The van der Waals surface area contributed by atoms with Crippen molar-refractivity contribution in [3.05, 3.63) is 0 Å². The number of carbonyl (C=O) groups is 1. The van der Waals surface area contributed by atoms with Crippen molar-refractivity contribution in [2.45, 2.75) is 64.7 Å². The van der Waals surface area contributed by atoms with Gasteiger partial charge in [0.25, 0.3) is 0 Å². The van der Waals surface area contributed by atoms with Gasteiger partial charge in [-0.25, -0.2) is 4.79 Å². The van der Waals surface area contributed by atoms with E-state index in [1.165, 1.54) is 4.90 Å². The minimum absolute atomic E-state index is 0.0398. The second-order valence-electron chi connectivity index (χ2n) is 6.24. The number of urea groups is 1. The number of amides is 2. The molecule has 1 aliphatic heterocycles. The van der Waals surface area contributed by atoms with E-state index in [0.717, 1.165) is 19.3 Å². The molecule has 1 saturated heterocycles. The number of likely N-dealkylation sites (tertiary alicyclic amines) is 1. The fourth-order valence-electron chi connectivity index (χ4n) is 2.86. The Morgan fingerprint density at radius 1 is 1.14 bits per heavy atom. The van der Waals surface area contributed by atoms with Crippen molar-refractivity contribution in [3.63, 3.8) is 0 Å². The molecule has 2 N–H and O–H groups in total. The molecule has 0 bridgehead atoms. The van der Waals surface area contributed by atoms with E-state index in [2.05, 4.69) is 26.1 Å². The quantitative estimate of drug-likeness (QED) is 0.815. The van der Waals surface area contributed by atoms with Crippen molar-refractivity contribution in [2.24, 2.45) is 5.41 Å². The highest BCUT2D eigenvalue weighted by atomic mass is 19.4. The number of hydrogen-bond donors (Lipinski definition) is 2. The zero-order valence-corrected chi connectivity index (χ0v) is 13.6. The van der Waals surface area contributed by atoms with Crippen molar-refractivity contribution in [1.29, 1.82) is 0 Å². The van der Waals surface area contributed by atoms with E-state index in [4.69, 9.17) is 0 Å². The molecule has 7 heteroatoms. The number of nitrogens with one attached hydrogen (secondary N) is 1. The van der Waals surface area contributed by atoms with Crippen molar-refractivity contribution in [3.8, 4) is 0 Å². The number of halogens is 3. The Morgan fingerprint density at radius 3 is 1.95 bits per heavy atom. The van der Waals surface area contributed by atoms with Crippen LogP contribution in [0.4, 0.5) is 18.0 Å². The van der Waals surface area contributed by atoms with Gasteiger partial charge >= 0.3 is 12.2 Å². The van der Waals surface area contributed by atoms with Gasteiger partial charge in [0.05, 0.1) is 0 Å². The van der Waals surface area contributed by atoms with Crippen LogP contribution in [0.15, 0.2) is 0 Å². The number of nitrogens with zero attached hydrogens (tertiary/aromatic N) is 1. The molecule has 1 heterocycles. The number of piperidine rings is 1. The van der Waals surface area contributed by atoms with Gasteiger partial charge in [0.2, 0.25) is 0 Å². The SMILES string of the molecule is CCC(CC)(CC)CNC(=O)N1CCC(O)(C(F)(F)F)CC1. The van der Waals surface area contributed by atoms with E-state index in [0.29, 0.717) is 6.54 Å². The zero-order chi connectivity index (χ0) is 17.0. The lowest BCUT2D eigenvalue weighted by Crippen LogP contribution is -2.56. The zero-order valence-electron chi connectivity index (χ0n) is 13.6. The fraction of sp³-hybridized carbons (Fsp3) is 0.933.